The molecule has 0 amide bonds. The Morgan fingerprint density at radius 2 is 1.92 bits per heavy atom. The van der Waals surface area contributed by atoms with Crippen LogP contribution in [0.4, 0.5) is 0 Å². The van der Waals surface area contributed by atoms with E-state index in [1.54, 1.807) is 0 Å². The van der Waals surface area contributed by atoms with Crippen molar-refractivity contribution in [2.24, 2.45) is 11.8 Å². The van der Waals surface area contributed by atoms with Crippen molar-refractivity contribution >= 4 is 15.9 Å². The molecular formula is C11H21Br. The van der Waals surface area contributed by atoms with Crippen LogP contribution in [-0.2, 0) is 0 Å². The number of alkyl halides is 1. The van der Waals surface area contributed by atoms with Crippen LogP contribution in [0.5, 0.6) is 0 Å². The second kappa shape index (κ2) is 6.01. The third kappa shape index (κ3) is 3.93. The van der Waals surface area contributed by atoms with Crippen molar-refractivity contribution in [3.63, 3.8) is 0 Å². The Morgan fingerprint density at radius 1 is 1.25 bits per heavy atom. The minimum absolute atomic E-state index is 0.881. The molecule has 0 aromatic rings. The van der Waals surface area contributed by atoms with Gasteiger partial charge in [0.2, 0.25) is 0 Å². The van der Waals surface area contributed by atoms with Crippen LogP contribution in [-0.4, -0.2) is 5.33 Å². The summed E-state index contributed by atoms with van der Waals surface area (Å²) in [5.41, 5.74) is 0. The van der Waals surface area contributed by atoms with E-state index in [1.807, 2.05) is 0 Å². The molecule has 0 heterocycles. The molecule has 0 radical (unpaired) electrons. The lowest BCUT2D eigenvalue weighted by atomic mass is 9.85. The second-order valence-corrected chi connectivity index (χ2v) is 4.99. The van der Waals surface area contributed by atoms with Crippen molar-refractivity contribution in [1.29, 1.82) is 0 Å². The Hall–Kier alpha value is 0.480. The van der Waals surface area contributed by atoms with Crippen LogP contribution >= 0.6 is 15.9 Å². The molecule has 0 aromatic heterocycles. The van der Waals surface area contributed by atoms with Crippen molar-refractivity contribution < 1.29 is 0 Å². The molecule has 72 valence electrons. The van der Waals surface area contributed by atoms with E-state index in [4.69, 9.17) is 0 Å². The fourth-order valence-corrected chi connectivity index (χ4v) is 2.40. The largest absolute Gasteiger partial charge is 0.0925 e. The SMILES string of the molecule is CC(CBr)CCC1CCCCC1. The molecule has 0 aliphatic heterocycles. The molecule has 0 saturated heterocycles. The first-order chi connectivity index (χ1) is 5.83. The zero-order valence-corrected chi connectivity index (χ0v) is 9.78. The van der Waals surface area contributed by atoms with Crippen molar-refractivity contribution in [3.05, 3.63) is 0 Å². The summed E-state index contributed by atoms with van der Waals surface area (Å²) in [6, 6.07) is 0. The summed E-state index contributed by atoms with van der Waals surface area (Å²) in [5, 5.41) is 1.18. The van der Waals surface area contributed by atoms with Gasteiger partial charge in [0.05, 0.1) is 0 Å². The van der Waals surface area contributed by atoms with Gasteiger partial charge < -0.3 is 0 Å². The molecule has 0 N–H and O–H groups in total. The van der Waals surface area contributed by atoms with Crippen LogP contribution in [0.15, 0.2) is 0 Å². The van der Waals surface area contributed by atoms with E-state index in [-0.39, 0.29) is 0 Å². The summed E-state index contributed by atoms with van der Waals surface area (Å²) in [5.74, 6) is 1.95. The molecule has 0 bridgehead atoms. The van der Waals surface area contributed by atoms with Gasteiger partial charge in [0.25, 0.3) is 0 Å². The topological polar surface area (TPSA) is 0 Å². The maximum absolute atomic E-state index is 3.54. The lowest BCUT2D eigenvalue weighted by Gasteiger charge is -2.22. The third-order valence-electron chi connectivity index (χ3n) is 3.06. The Balaban J connectivity index is 2.05. The highest BCUT2D eigenvalue weighted by molar-refractivity contribution is 9.09. The van der Waals surface area contributed by atoms with Crippen molar-refractivity contribution in [2.75, 3.05) is 5.33 Å². The van der Waals surface area contributed by atoms with E-state index >= 15 is 0 Å². The van der Waals surface area contributed by atoms with Crippen molar-refractivity contribution in [2.45, 2.75) is 51.9 Å². The van der Waals surface area contributed by atoms with E-state index in [0.29, 0.717) is 0 Å². The van der Waals surface area contributed by atoms with Crippen LogP contribution in [0.3, 0.4) is 0 Å². The molecular weight excluding hydrogens is 212 g/mol. The molecule has 1 aliphatic rings. The van der Waals surface area contributed by atoms with Crippen LogP contribution < -0.4 is 0 Å². The Labute approximate surface area is 85.3 Å². The lowest BCUT2D eigenvalue weighted by molar-refractivity contribution is 0.318. The molecule has 1 atom stereocenters. The highest BCUT2D eigenvalue weighted by atomic mass is 79.9. The van der Waals surface area contributed by atoms with Crippen molar-refractivity contribution in [1.82, 2.24) is 0 Å². The van der Waals surface area contributed by atoms with Gasteiger partial charge in [0, 0.05) is 5.33 Å². The number of rotatable bonds is 4. The minimum atomic E-state index is 0.881. The van der Waals surface area contributed by atoms with Gasteiger partial charge in [-0.25, -0.2) is 0 Å². The lowest BCUT2D eigenvalue weighted by Crippen LogP contribution is -2.08. The molecule has 12 heavy (non-hydrogen) atoms. The summed E-state index contributed by atoms with van der Waals surface area (Å²) >= 11 is 3.54. The van der Waals surface area contributed by atoms with E-state index in [2.05, 4.69) is 22.9 Å². The first-order valence-corrected chi connectivity index (χ1v) is 6.51. The average molecular weight is 233 g/mol. The van der Waals surface area contributed by atoms with Crippen LogP contribution in [0.25, 0.3) is 0 Å². The summed E-state index contributed by atoms with van der Waals surface area (Å²) in [6.45, 7) is 2.34. The molecule has 0 aromatic carbocycles. The summed E-state index contributed by atoms with van der Waals surface area (Å²) < 4.78 is 0. The van der Waals surface area contributed by atoms with Crippen molar-refractivity contribution in [3.8, 4) is 0 Å². The molecule has 1 aliphatic carbocycles. The van der Waals surface area contributed by atoms with E-state index < -0.39 is 0 Å². The Kier molecular flexibility index (Phi) is 5.29. The van der Waals surface area contributed by atoms with E-state index in [9.17, 15) is 0 Å². The van der Waals surface area contributed by atoms with Gasteiger partial charge >= 0.3 is 0 Å². The van der Waals surface area contributed by atoms with Gasteiger partial charge in [-0.2, -0.15) is 0 Å². The summed E-state index contributed by atoms with van der Waals surface area (Å²) in [6.07, 6.45) is 10.4. The van der Waals surface area contributed by atoms with Crippen LogP contribution in [0, 0.1) is 11.8 Å². The van der Waals surface area contributed by atoms with Gasteiger partial charge in [0.1, 0.15) is 0 Å². The first-order valence-electron chi connectivity index (χ1n) is 5.39. The van der Waals surface area contributed by atoms with Gasteiger partial charge in [-0.3, -0.25) is 0 Å². The zero-order valence-electron chi connectivity index (χ0n) is 8.19. The summed E-state index contributed by atoms with van der Waals surface area (Å²) in [4.78, 5) is 0. The normalized spacial score (nSPS) is 22.5. The quantitative estimate of drug-likeness (QED) is 0.632. The third-order valence-corrected chi connectivity index (χ3v) is 4.16. The van der Waals surface area contributed by atoms with Gasteiger partial charge in [0.15, 0.2) is 0 Å². The van der Waals surface area contributed by atoms with E-state index in [0.717, 1.165) is 11.8 Å². The summed E-state index contributed by atoms with van der Waals surface area (Å²) in [7, 11) is 0. The first kappa shape index (κ1) is 10.6. The standard InChI is InChI=1S/C11H21Br/c1-10(9-12)7-8-11-5-3-2-4-6-11/h10-11H,2-9H2,1H3. The maximum atomic E-state index is 3.54. The Morgan fingerprint density at radius 3 is 2.50 bits per heavy atom. The van der Waals surface area contributed by atoms with Gasteiger partial charge in [-0.05, 0) is 18.3 Å². The molecule has 0 spiro atoms. The minimum Gasteiger partial charge on any atom is -0.0925 e. The molecule has 1 saturated carbocycles. The Bertz CT molecular complexity index is 106. The molecule has 1 fully saturated rings. The molecule has 1 heteroatoms. The average Bonchev–Trinajstić information content (AvgIpc) is 2.16. The monoisotopic (exact) mass is 232 g/mol. The molecule has 0 nitrogen and oxygen atoms in total. The van der Waals surface area contributed by atoms with E-state index in [1.165, 1.54) is 50.3 Å². The van der Waals surface area contributed by atoms with Gasteiger partial charge in [-0.1, -0.05) is 61.4 Å². The molecule has 1 unspecified atom stereocenters. The number of hydrogen-bond acceptors (Lipinski definition) is 0. The fourth-order valence-electron chi connectivity index (χ4n) is 2.07. The predicted octanol–water partition coefficient (Wildman–Crippen LogP) is 4.38. The highest BCUT2D eigenvalue weighted by Gasteiger charge is 2.13. The smallest absolute Gasteiger partial charge is 0.00570 e. The maximum Gasteiger partial charge on any atom is 0.00570 e. The van der Waals surface area contributed by atoms with Crippen LogP contribution in [0.2, 0.25) is 0 Å². The molecule has 1 rings (SSSR count). The predicted molar refractivity (Wildman–Crippen MR) is 58.8 cm³/mol. The zero-order chi connectivity index (χ0) is 8.81. The second-order valence-electron chi connectivity index (χ2n) is 4.34. The fraction of sp³-hybridized carbons (Fsp3) is 1.00. The van der Waals surface area contributed by atoms with Gasteiger partial charge in [-0.15, -0.1) is 0 Å². The highest BCUT2D eigenvalue weighted by Crippen LogP contribution is 2.28. The van der Waals surface area contributed by atoms with Crippen LogP contribution in [0.1, 0.15) is 51.9 Å². The number of hydrogen-bond donors (Lipinski definition) is 0. The number of halogens is 1.